The van der Waals surface area contributed by atoms with Crippen LogP contribution in [0.4, 0.5) is 11.4 Å². The quantitative estimate of drug-likeness (QED) is 0.111. The van der Waals surface area contributed by atoms with Gasteiger partial charge >= 0.3 is 23.9 Å². The topological polar surface area (TPSA) is 328 Å². The molecule has 0 spiro atoms. The summed E-state index contributed by atoms with van der Waals surface area (Å²) < 4.78 is 19.7. The van der Waals surface area contributed by atoms with E-state index >= 15 is 0 Å². The minimum absolute atomic E-state index is 0.00665. The van der Waals surface area contributed by atoms with Crippen LogP contribution in [0.5, 0.6) is 0 Å². The summed E-state index contributed by atoms with van der Waals surface area (Å²) in [5.74, 6) is -4.33. The van der Waals surface area contributed by atoms with E-state index < -0.39 is 72.6 Å². The van der Waals surface area contributed by atoms with Gasteiger partial charge < -0.3 is 60.6 Å². The summed E-state index contributed by atoms with van der Waals surface area (Å²) in [6.07, 6.45) is 2.52. The highest BCUT2D eigenvalue weighted by Crippen LogP contribution is 2.32. The van der Waals surface area contributed by atoms with E-state index in [0.29, 0.717) is 70.3 Å². The third kappa shape index (κ3) is 13.8. The molecular formula is C46H69N11O16. The molecule has 7 heterocycles. The van der Waals surface area contributed by atoms with E-state index in [1.54, 1.807) is 40.3 Å². The maximum absolute atomic E-state index is 12.9. The van der Waals surface area contributed by atoms with Crippen molar-refractivity contribution in [3.8, 4) is 0 Å². The number of benzene rings is 1. The van der Waals surface area contributed by atoms with Crippen LogP contribution in [0, 0.1) is 0 Å². The van der Waals surface area contributed by atoms with Crippen LogP contribution in [-0.2, 0) is 66.9 Å². The van der Waals surface area contributed by atoms with Gasteiger partial charge in [-0.25, -0.2) is 14.8 Å². The molecule has 8 rings (SSSR count). The second-order valence-corrected chi connectivity index (χ2v) is 17.9. The maximum atomic E-state index is 12.9. The van der Waals surface area contributed by atoms with E-state index in [9.17, 15) is 53.1 Å². The van der Waals surface area contributed by atoms with Crippen molar-refractivity contribution >= 4 is 70.7 Å². The number of nitrogens with zero attached hydrogens (tertiary/aromatic N) is 6. The fourth-order valence-electron chi connectivity index (χ4n) is 9.48. The number of anilines is 2. The summed E-state index contributed by atoms with van der Waals surface area (Å²) in [6, 6.07) is 3.57. The van der Waals surface area contributed by atoms with Crippen LogP contribution in [-0.4, -0.2) is 220 Å². The molecular weight excluding hydrogens is 963 g/mol. The standard InChI is InChI=1S/C16H24N4O6.C13H17N3O3.C11H17N3O4.C6H11NO3/c1-17-9-5-6-12(21)19-7-3-4-11(20(19)15(9)24)14(23)18-10-8-13(22)26-16(10)25-2;1-14-9-7-15(2)10-5-3-4-6-11(10)16(13(9)19)8-12(17)18;1-12-7-4-5-9(15)13-6-2-3-8(11(17)18)14(13)10(7)16;1-7-4-3-5(8)10-6(4)9-2/h9-11,16-17H,3-8H2,1-2H3,(H,18,23);3-6,9,14H,7-8H2,1-2H3,(H,17,18);7-8,12H,2-6H2,1H3,(H,17,18);4,6-7H,3H2,1-2H3/t9-,10-,11-,16?;9-;7-,8-;4-,6?/m0000/s1. The molecule has 0 saturated carbocycles. The molecule has 7 N–H and O–H groups in total. The number of likely N-dealkylation sites (N-methyl/N-ethyl adjacent to an activating group) is 5. The number of methoxy groups -OCH3 is 2. The number of carboxylic acid groups (broad SMARTS) is 2. The van der Waals surface area contributed by atoms with Gasteiger partial charge in [0.2, 0.25) is 36.2 Å². The van der Waals surface area contributed by atoms with Crippen LogP contribution in [0.2, 0.25) is 0 Å². The first-order valence-electron chi connectivity index (χ1n) is 24.1. The van der Waals surface area contributed by atoms with E-state index in [1.807, 2.05) is 24.1 Å². The number of aliphatic carboxylic acids is 2. The van der Waals surface area contributed by atoms with Crippen LogP contribution >= 0.6 is 0 Å². The molecule has 73 heavy (non-hydrogen) atoms. The Morgan fingerprint density at radius 1 is 0.644 bits per heavy atom. The molecule has 0 bridgehead atoms. The number of nitrogens with one attached hydrogen (secondary N) is 5. The van der Waals surface area contributed by atoms with E-state index in [2.05, 4.69) is 26.6 Å². The Morgan fingerprint density at radius 3 is 1.59 bits per heavy atom. The molecule has 7 aliphatic rings. The average molecular weight is 1030 g/mol. The first kappa shape index (κ1) is 57.4. The van der Waals surface area contributed by atoms with Crippen LogP contribution in [0.3, 0.4) is 0 Å². The van der Waals surface area contributed by atoms with Crippen molar-refractivity contribution in [2.24, 2.45) is 0 Å². The van der Waals surface area contributed by atoms with Gasteiger partial charge in [-0.15, -0.1) is 0 Å². The van der Waals surface area contributed by atoms with Gasteiger partial charge in [0.15, 0.2) is 6.04 Å². The summed E-state index contributed by atoms with van der Waals surface area (Å²) in [4.78, 5) is 122. The SMILES string of the molecule is CN[C@H]1CC(=O)OC1OC.CN[C@H]1CCC(=O)N2CCC[C@@H](C(=O)N[C@H]3CC(=O)OC3OC)N2C1=O.CN[C@H]1CCC(=O)N2CCC[C@@H](C(=O)O)N2C1=O.CN[C@H]1CN(C)c2ccccc2N(CC(=O)O)C1=O. The number of amides is 6. The lowest BCUT2D eigenvalue weighted by Crippen LogP contribution is -2.64. The summed E-state index contributed by atoms with van der Waals surface area (Å²) in [7, 11) is 11.6. The molecule has 0 aliphatic carbocycles. The Morgan fingerprint density at radius 2 is 1.12 bits per heavy atom. The fraction of sp³-hybridized carbons (Fsp3) is 0.652. The van der Waals surface area contributed by atoms with Crippen molar-refractivity contribution in [3.63, 3.8) is 0 Å². The highest BCUT2D eigenvalue weighted by atomic mass is 16.7. The Balaban J connectivity index is 0.000000189. The van der Waals surface area contributed by atoms with Crippen molar-refractivity contribution in [2.45, 2.75) is 119 Å². The minimum Gasteiger partial charge on any atom is -0.480 e. The van der Waals surface area contributed by atoms with Crippen LogP contribution in [0.15, 0.2) is 24.3 Å². The Hall–Kier alpha value is -6.52. The summed E-state index contributed by atoms with van der Waals surface area (Å²) in [6.45, 7) is 1.01. The van der Waals surface area contributed by atoms with Crippen molar-refractivity contribution in [2.75, 3.05) is 85.4 Å². The number of fused-ring (bicyclic) bond motifs is 3. The lowest BCUT2D eigenvalue weighted by atomic mass is 10.0. The first-order chi connectivity index (χ1) is 34.8. The number of cyclic esters (lactones) is 2. The number of rotatable bonds is 11. The molecule has 27 nitrogen and oxygen atoms in total. The van der Waals surface area contributed by atoms with E-state index in [4.69, 9.17) is 24.1 Å². The van der Waals surface area contributed by atoms with E-state index in [-0.39, 0.29) is 67.4 Å². The molecule has 1 aromatic rings. The highest BCUT2D eigenvalue weighted by Gasteiger charge is 2.47. The third-order valence-electron chi connectivity index (χ3n) is 13.3. The first-order valence-corrected chi connectivity index (χ1v) is 24.1. The Kier molecular flexibility index (Phi) is 20.8. The van der Waals surface area contributed by atoms with Crippen LogP contribution in [0.25, 0.3) is 0 Å². The molecule has 7 aliphatic heterocycles. The van der Waals surface area contributed by atoms with Crippen LogP contribution < -0.4 is 36.4 Å². The summed E-state index contributed by atoms with van der Waals surface area (Å²) >= 11 is 0. The molecule has 6 amide bonds. The Bertz CT molecular complexity index is 2190. The zero-order chi connectivity index (χ0) is 53.7. The number of hydrogen-bond donors (Lipinski definition) is 7. The smallest absolute Gasteiger partial charge is 0.328 e. The Labute approximate surface area is 422 Å². The number of para-hydroxylation sites is 2. The van der Waals surface area contributed by atoms with Gasteiger partial charge in [-0.05, 0) is 78.8 Å². The summed E-state index contributed by atoms with van der Waals surface area (Å²) in [5.41, 5.74) is 1.49. The lowest BCUT2D eigenvalue weighted by Gasteiger charge is -2.43. The molecule has 6 fully saturated rings. The van der Waals surface area contributed by atoms with E-state index in [1.165, 1.54) is 34.1 Å². The minimum atomic E-state index is -1.06. The summed E-state index contributed by atoms with van der Waals surface area (Å²) in [5, 5.41) is 37.7. The van der Waals surface area contributed by atoms with Crippen LogP contribution in [0.1, 0.15) is 64.2 Å². The van der Waals surface area contributed by atoms with Crippen molar-refractivity contribution in [1.29, 1.82) is 0 Å². The normalized spacial score (nSPS) is 28.0. The number of ether oxygens (including phenoxy) is 4. The number of carbonyl (C=O) groups excluding carboxylic acids is 8. The number of carbonyl (C=O) groups is 10. The molecule has 0 aromatic heterocycles. The van der Waals surface area contributed by atoms with Gasteiger partial charge in [-0.3, -0.25) is 58.1 Å². The van der Waals surface area contributed by atoms with Gasteiger partial charge in [-0.2, -0.15) is 0 Å². The molecule has 2 unspecified atom stereocenters. The van der Waals surface area contributed by atoms with Gasteiger partial charge in [0.05, 0.1) is 42.3 Å². The predicted molar refractivity (Wildman–Crippen MR) is 255 cm³/mol. The third-order valence-corrected chi connectivity index (χ3v) is 13.3. The molecule has 9 atom stereocenters. The van der Waals surface area contributed by atoms with Gasteiger partial charge in [-0.1, -0.05) is 12.1 Å². The maximum Gasteiger partial charge on any atom is 0.328 e. The molecule has 0 radical (unpaired) electrons. The lowest BCUT2D eigenvalue weighted by molar-refractivity contribution is -0.180. The zero-order valence-corrected chi connectivity index (χ0v) is 42.2. The number of esters is 2. The average Bonchev–Trinajstić information content (AvgIpc) is 3.85. The van der Waals surface area contributed by atoms with Gasteiger partial charge in [0.25, 0.3) is 11.8 Å². The second kappa shape index (κ2) is 26.4. The predicted octanol–water partition coefficient (Wildman–Crippen LogP) is -2.67. The van der Waals surface area contributed by atoms with Crippen molar-refractivity contribution < 1.29 is 77.1 Å². The van der Waals surface area contributed by atoms with Gasteiger partial charge in [0.1, 0.15) is 24.7 Å². The van der Waals surface area contributed by atoms with Gasteiger partial charge in [0, 0.05) is 53.7 Å². The molecule has 1 aromatic carbocycles. The van der Waals surface area contributed by atoms with Crippen molar-refractivity contribution in [1.82, 2.24) is 46.6 Å². The monoisotopic (exact) mass is 1030 g/mol. The molecule has 6 saturated heterocycles. The fourth-order valence-corrected chi connectivity index (χ4v) is 9.48. The highest BCUT2D eigenvalue weighted by molar-refractivity contribution is 6.04. The molecule has 27 heteroatoms. The second-order valence-electron chi connectivity index (χ2n) is 17.9. The molecule has 404 valence electrons. The van der Waals surface area contributed by atoms with Crippen molar-refractivity contribution in [3.05, 3.63) is 24.3 Å². The number of hydrazine groups is 2. The number of hydrogen-bond acceptors (Lipinski definition) is 19. The largest absolute Gasteiger partial charge is 0.480 e. The van der Waals surface area contributed by atoms with E-state index in [0.717, 1.165) is 10.7 Å². The zero-order valence-electron chi connectivity index (χ0n) is 42.2. The number of carboxylic acids is 2.